The number of carbonyl (C=O) groups excluding carboxylic acids is 2. The van der Waals surface area contributed by atoms with Gasteiger partial charge in [0.05, 0.1) is 27.6 Å². The van der Waals surface area contributed by atoms with Crippen molar-refractivity contribution in [1.29, 1.82) is 0 Å². The summed E-state index contributed by atoms with van der Waals surface area (Å²) >= 11 is 2.43. The summed E-state index contributed by atoms with van der Waals surface area (Å²) < 4.78 is 1.61. The summed E-state index contributed by atoms with van der Waals surface area (Å²) in [5.41, 5.74) is 6.17. The summed E-state index contributed by atoms with van der Waals surface area (Å²) in [6.07, 6.45) is 0. The zero-order valence-corrected chi connectivity index (χ0v) is 18.8. The first-order valence-electron chi connectivity index (χ1n) is 9.86. The van der Waals surface area contributed by atoms with Crippen molar-refractivity contribution in [2.24, 2.45) is 0 Å². The van der Waals surface area contributed by atoms with Crippen LogP contribution in [0.25, 0.3) is 10.9 Å². The summed E-state index contributed by atoms with van der Waals surface area (Å²) in [4.78, 5) is 42.8. The molecule has 0 radical (unpaired) electrons. The summed E-state index contributed by atoms with van der Waals surface area (Å²) in [5, 5.41) is 2.74. The highest BCUT2D eigenvalue weighted by atomic mass is 32.2. The molecule has 1 atom stereocenters. The van der Waals surface area contributed by atoms with Gasteiger partial charge in [0.2, 0.25) is 5.91 Å². The molecule has 4 aromatic rings. The van der Waals surface area contributed by atoms with Crippen LogP contribution in [0.2, 0.25) is 0 Å². The Morgan fingerprint density at radius 3 is 2.53 bits per heavy atom. The van der Waals surface area contributed by atoms with E-state index in [2.05, 4.69) is 15.8 Å². The Morgan fingerprint density at radius 2 is 1.78 bits per heavy atom. The van der Waals surface area contributed by atoms with Gasteiger partial charge in [-0.1, -0.05) is 60.3 Å². The van der Waals surface area contributed by atoms with Crippen molar-refractivity contribution in [3.63, 3.8) is 0 Å². The van der Waals surface area contributed by atoms with Crippen LogP contribution >= 0.6 is 23.1 Å². The van der Waals surface area contributed by atoms with Gasteiger partial charge in [-0.3, -0.25) is 29.8 Å². The maximum atomic E-state index is 13.3. The van der Waals surface area contributed by atoms with Crippen LogP contribution in [-0.4, -0.2) is 27.1 Å². The largest absolute Gasteiger partial charge is 0.280 e. The molecular weight excluding hydrogens is 444 g/mol. The van der Waals surface area contributed by atoms with Crippen molar-refractivity contribution in [2.75, 3.05) is 5.75 Å². The molecule has 1 unspecified atom stereocenters. The molecule has 2 heterocycles. The zero-order valence-electron chi connectivity index (χ0n) is 17.1. The number of rotatable bonds is 6. The average Bonchev–Trinajstić information content (AvgIpc) is 3.37. The number of thiophene rings is 1. The van der Waals surface area contributed by atoms with E-state index in [1.165, 1.54) is 11.3 Å². The molecule has 0 bridgehead atoms. The topological polar surface area (TPSA) is 93.1 Å². The third kappa shape index (κ3) is 4.74. The number of para-hydroxylation sites is 1. The summed E-state index contributed by atoms with van der Waals surface area (Å²) in [6, 6.07) is 20.0. The molecule has 9 heteroatoms. The maximum Gasteiger partial charge on any atom is 0.279 e. The number of nitrogens with zero attached hydrogens (tertiary/aromatic N) is 2. The Kier molecular flexibility index (Phi) is 6.67. The van der Waals surface area contributed by atoms with E-state index < -0.39 is 5.91 Å². The molecule has 2 aromatic heterocycles. The van der Waals surface area contributed by atoms with Gasteiger partial charge in [-0.25, -0.2) is 4.98 Å². The van der Waals surface area contributed by atoms with Gasteiger partial charge in [-0.15, -0.1) is 11.3 Å². The first kappa shape index (κ1) is 21.8. The minimum Gasteiger partial charge on any atom is -0.280 e. The van der Waals surface area contributed by atoms with Crippen molar-refractivity contribution in [3.05, 3.63) is 92.9 Å². The molecule has 0 aliphatic heterocycles. The summed E-state index contributed by atoms with van der Waals surface area (Å²) in [7, 11) is 0. The van der Waals surface area contributed by atoms with Gasteiger partial charge in [0.25, 0.3) is 11.5 Å². The Hall–Kier alpha value is -3.43. The SMILES string of the molecule is CC(c1ccccc1)n1c(SCC(=O)NNC(=O)c2cccs2)nc2ccccc2c1=O. The van der Waals surface area contributed by atoms with E-state index in [4.69, 9.17) is 0 Å². The van der Waals surface area contributed by atoms with E-state index in [-0.39, 0.29) is 23.3 Å². The number of aromatic nitrogens is 2. The van der Waals surface area contributed by atoms with Crippen molar-refractivity contribution in [2.45, 2.75) is 18.1 Å². The fourth-order valence-electron chi connectivity index (χ4n) is 3.21. The van der Waals surface area contributed by atoms with Gasteiger partial charge in [-0.2, -0.15) is 0 Å². The highest BCUT2D eigenvalue weighted by molar-refractivity contribution is 7.99. The molecule has 2 amide bonds. The number of fused-ring (bicyclic) bond motifs is 1. The number of benzene rings is 2. The van der Waals surface area contributed by atoms with Crippen molar-refractivity contribution in [3.8, 4) is 0 Å². The lowest BCUT2D eigenvalue weighted by molar-refractivity contribution is -0.119. The van der Waals surface area contributed by atoms with E-state index in [0.29, 0.717) is 20.9 Å². The fourth-order valence-corrected chi connectivity index (χ4v) is 4.71. The van der Waals surface area contributed by atoms with Crippen LogP contribution in [0.1, 0.15) is 28.2 Å². The number of thioether (sulfide) groups is 1. The highest BCUT2D eigenvalue weighted by Crippen LogP contribution is 2.24. The van der Waals surface area contributed by atoms with Gasteiger partial charge in [0.15, 0.2) is 5.16 Å². The smallest absolute Gasteiger partial charge is 0.279 e. The first-order valence-corrected chi connectivity index (χ1v) is 11.7. The standard InChI is InChI=1S/C23H20N4O3S2/c1-15(16-8-3-2-4-9-16)27-22(30)17-10-5-6-11-18(17)24-23(27)32-14-20(28)25-26-21(29)19-12-7-13-31-19/h2-13,15H,14H2,1H3,(H,25,28)(H,26,29). The summed E-state index contributed by atoms with van der Waals surface area (Å²) in [6.45, 7) is 1.93. The third-order valence-corrected chi connectivity index (χ3v) is 6.66. The molecule has 7 nitrogen and oxygen atoms in total. The van der Waals surface area contributed by atoms with E-state index in [9.17, 15) is 14.4 Å². The second-order valence-electron chi connectivity index (χ2n) is 6.94. The van der Waals surface area contributed by atoms with E-state index in [1.807, 2.05) is 43.3 Å². The Balaban J connectivity index is 1.56. The van der Waals surface area contributed by atoms with Crippen molar-refractivity contribution < 1.29 is 9.59 Å². The predicted molar refractivity (Wildman–Crippen MR) is 127 cm³/mol. The highest BCUT2D eigenvalue weighted by Gasteiger charge is 2.19. The monoisotopic (exact) mass is 464 g/mol. The molecule has 32 heavy (non-hydrogen) atoms. The quantitative estimate of drug-likeness (QED) is 0.258. The van der Waals surface area contributed by atoms with Crippen LogP contribution in [0.15, 0.2) is 82.1 Å². The van der Waals surface area contributed by atoms with Crippen LogP contribution in [0.3, 0.4) is 0 Å². The van der Waals surface area contributed by atoms with Gasteiger partial charge in [0, 0.05) is 0 Å². The van der Waals surface area contributed by atoms with Gasteiger partial charge >= 0.3 is 0 Å². The minimum absolute atomic E-state index is 0.0169. The first-order chi connectivity index (χ1) is 15.5. The number of hydrogen-bond acceptors (Lipinski definition) is 6. The lowest BCUT2D eigenvalue weighted by Crippen LogP contribution is -2.42. The number of carbonyl (C=O) groups is 2. The van der Waals surface area contributed by atoms with Crippen LogP contribution in [-0.2, 0) is 4.79 Å². The van der Waals surface area contributed by atoms with E-state index in [1.54, 1.807) is 40.3 Å². The molecule has 2 aromatic carbocycles. The molecule has 0 aliphatic carbocycles. The normalized spacial score (nSPS) is 11.8. The van der Waals surface area contributed by atoms with Crippen LogP contribution in [0, 0.1) is 0 Å². The summed E-state index contributed by atoms with van der Waals surface area (Å²) in [5.74, 6) is -0.796. The Morgan fingerprint density at radius 1 is 1.03 bits per heavy atom. The lowest BCUT2D eigenvalue weighted by atomic mass is 10.1. The minimum atomic E-state index is -0.402. The fraction of sp³-hybridized carbons (Fsp3) is 0.130. The van der Waals surface area contributed by atoms with Gasteiger partial charge < -0.3 is 0 Å². The average molecular weight is 465 g/mol. The molecule has 0 saturated carbocycles. The van der Waals surface area contributed by atoms with Crippen LogP contribution in [0.4, 0.5) is 0 Å². The van der Waals surface area contributed by atoms with Crippen LogP contribution in [0.5, 0.6) is 0 Å². The lowest BCUT2D eigenvalue weighted by Gasteiger charge is -2.20. The third-order valence-electron chi connectivity index (χ3n) is 4.84. The van der Waals surface area contributed by atoms with Crippen molar-refractivity contribution >= 4 is 45.8 Å². The predicted octanol–water partition coefficient (Wildman–Crippen LogP) is 3.62. The molecule has 0 fully saturated rings. The second-order valence-corrected chi connectivity index (χ2v) is 8.83. The molecule has 4 rings (SSSR count). The molecule has 0 saturated heterocycles. The molecule has 162 valence electrons. The van der Waals surface area contributed by atoms with Crippen molar-refractivity contribution in [1.82, 2.24) is 20.4 Å². The number of amides is 2. The van der Waals surface area contributed by atoms with Crippen LogP contribution < -0.4 is 16.4 Å². The van der Waals surface area contributed by atoms with Gasteiger partial charge in [0.1, 0.15) is 0 Å². The zero-order chi connectivity index (χ0) is 22.5. The molecule has 2 N–H and O–H groups in total. The molecular formula is C23H20N4O3S2. The Bertz CT molecular complexity index is 1300. The van der Waals surface area contributed by atoms with E-state index >= 15 is 0 Å². The number of hydrogen-bond donors (Lipinski definition) is 2. The van der Waals surface area contributed by atoms with Gasteiger partial charge in [-0.05, 0) is 36.1 Å². The number of hydrazine groups is 1. The maximum absolute atomic E-state index is 13.3. The van der Waals surface area contributed by atoms with E-state index in [0.717, 1.165) is 17.3 Å². The Labute approximate surface area is 192 Å². The number of nitrogens with one attached hydrogen (secondary N) is 2. The second kappa shape index (κ2) is 9.80. The molecule has 0 spiro atoms. The molecule has 0 aliphatic rings.